The summed E-state index contributed by atoms with van der Waals surface area (Å²) in [7, 11) is -3.43. The summed E-state index contributed by atoms with van der Waals surface area (Å²) in [5.74, 6) is 0. The summed E-state index contributed by atoms with van der Waals surface area (Å²) in [6.45, 7) is 1.98. The van der Waals surface area contributed by atoms with Crippen molar-refractivity contribution < 1.29 is 8.42 Å². The fraction of sp³-hybridized carbons (Fsp3) is 0.118. The lowest BCUT2D eigenvalue weighted by Crippen LogP contribution is -1.94. The molecule has 0 aliphatic rings. The predicted octanol–water partition coefficient (Wildman–Crippen LogP) is 4.07. The van der Waals surface area contributed by atoms with Crippen LogP contribution in [0.5, 0.6) is 0 Å². The monoisotopic (exact) mass is 284 g/mol. The second-order valence-electron chi connectivity index (χ2n) is 4.32. The SMILES string of the molecule is CCC(=C=CS(=O)(=O)c1ccccc1)c1ccccc1. The molecular formula is C17H16O2S. The van der Waals surface area contributed by atoms with Gasteiger partial charge in [-0.25, -0.2) is 8.42 Å². The Morgan fingerprint density at radius 3 is 2.10 bits per heavy atom. The smallest absolute Gasteiger partial charge is 0.207 e. The quantitative estimate of drug-likeness (QED) is 0.793. The average Bonchev–Trinajstić information content (AvgIpc) is 2.50. The maximum absolute atomic E-state index is 12.2. The van der Waals surface area contributed by atoms with Crippen LogP contribution in [-0.2, 0) is 9.84 Å². The molecule has 0 aromatic heterocycles. The van der Waals surface area contributed by atoms with Gasteiger partial charge < -0.3 is 0 Å². The van der Waals surface area contributed by atoms with Gasteiger partial charge in [0.15, 0.2) is 0 Å². The van der Waals surface area contributed by atoms with E-state index in [2.05, 4.69) is 5.73 Å². The Hall–Kier alpha value is -2.09. The molecule has 0 unspecified atom stereocenters. The van der Waals surface area contributed by atoms with Crippen molar-refractivity contribution >= 4 is 15.4 Å². The summed E-state index contributed by atoms with van der Waals surface area (Å²) in [5.41, 5.74) is 4.80. The Balaban J connectivity index is 2.42. The molecular weight excluding hydrogens is 268 g/mol. The molecule has 0 aliphatic carbocycles. The van der Waals surface area contributed by atoms with Crippen molar-refractivity contribution in [3.05, 3.63) is 77.4 Å². The molecule has 0 amide bonds. The van der Waals surface area contributed by atoms with Crippen molar-refractivity contribution in [3.8, 4) is 0 Å². The third-order valence-corrected chi connectivity index (χ3v) is 4.29. The highest BCUT2D eigenvalue weighted by atomic mass is 32.2. The van der Waals surface area contributed by atoms with Gasteiger partial charge in [-0.2, -0.15) is 0 Å². The fourth-order valence-electron chi connectivity index (χ4n) is 1.86. The molecule has 0 atom stereocenters. The van der Waals surface area contributed by atoms with Crippen LogP contribution in [0.1, 0.15) is 18.9 Å². The molecule has 3 heteroatoms. The normalized spacial score (nSPS) is 10.7. The van der Waals surface area contributed by atoms with Crippen LogP contribution >= 0.6 is 0 Å². The molecule has 0 N–H and O–H groups in total. The molecule has 102 valence electrons. The fourth-order valence-corrected chi connectivity index (χ4v) is 2.83. The Morgan fingerprint density at radius 2 is 1.55 bits per heavy atom. The predicted molar refractivity (Wildman–Crippen MR) is 81.9 cm³/mol. The van der Waals surface area contributed by atoms with Gasteiger partial charge >= 0.3 is 0 Å². The molecule has 2 aromatic rings. The third-order valence-electron chi connectivity index (χ3n) is 2.94. The van der Waals surface area contributed by atoms with Gasteiger partial charge in [-0.3, -0.25) is 0 Å². The molecule has 2 aromatic carbocycles. The average molecular weight is 284 g/mol. The summed E-state index contributed by atoms with van der Waals surface area (Å²) in [6, 6.07) is 18.1. The molecule has 0 fully saturated rings. The maximum atomic E-state index is 12.2. The van der Waals surface area contributed by atoms with E-state index in [0.717, 1.165) is 23.0 Å². The molecule has 2 nitrogen and oxygen atoms in total. The van der Waals surface area contributed by atoms with Gasteiger partial charge in [0.2, 0.25) is 9.84 Å². The van der Waals surface area contributed by atoms with E-state index in [1.807, 2.05) is 37.3 Å². The molecule has 0 bridgehead atoms. The Bertz CT molecular complexity index is 723. The number of allylic oxidation sites excluding steroid dienone is 1. The van der Waals surface area contributed by atoms with Crippen LogP contribution in [0.4, 0.5) is 0 Å². The molecule has 0 saturated carbocycles. The Morgan fingerprint density at radius 1 is 1.00 bits per heavy atom. The first-order valence-electron chi connectivity index (χ1n) is 6.44. The second kappa shape index (κ2) is 6.38. The lowest BCUT2D eigenvalue weighted by Gasteiger charge is -2.01. The van der Waals surface area contributed by atoms with Crippen molar-refractivity contribution in [1.82, 2.24) is 0 Å². The molecule has 0 heterocycles. The van der Waals surface area contributed by atoms with Crippen LogP contribution in [0.2, 0.25) is 0 Å². The summed E-state index contributed by atoms with van der Waals surface area (Å²) < 4.78 is 24.3. The minimum Gasteiger partial charge on any atom is -0.218 e. The first-order chi connectivity index (χ1) is 9.63. The van der Waals surface area contributed by atoms with Crippen molar-refractivity contribution in [2.45, 2.75) is 18.2 Å². The van der Waals surface area contributed by atoms with Gasteiger partial charge in [0.25, 0.3) is 0 Å². The standard InChI is InChI=1S/C17H16O2S/c1-2-15(16-9-5-3-6-10-16)13-14-20(18,19)17-11-7-4-8-12-17/h3-12,14H,2H2,1H3. The van der Waals surface area contributed by atoms with E-state index in [1.54, 1.807) is 30.3 Å². The van der Waals surface area contributed by atoms with Crippen LogP contribution in [0.15, 0.2) is 76.7 Å². The maximum Gasteiger partial charge on any atom is 0.207 e. The van der Waals surface area contributed by atoms with E-state index < -0.39 is 9.84 Å². The Labute approximate surface area is 120 Å². The van der Waals surface area contributed by atoms with Gasteiger partial charge in [-0.05, 0) is 24.1 Å². The zero-order valence-electron chi connectivity index (χ0n) is 11.3. The van der Waals surface area contributed by atoms with E-state index in [0.29, 0.717) is 0 Å². The van der Waals surface area contributed by atoms with Crippen molar-refractivity contribution in [3.63, 3.8) is 0 Å². The number of rotatable bonds is 4. The molecule has 0 aliphatic heterocycles. The van der Waals surface area contributed by atoms with Crippen molar-refractivity contribution in [1.29, 1.82) is 0 Å². The lowest BCUT2D eigenvalue weighted by molar-refractivity contribution is 0.604. The van der Waals surface area contributed by atoms with E-state index in [1.165, 1.54) is 0 Å². The van der Waals surface area contributed by atoms with Gasteiger partial charge in [0.1, 0.15) is 0 Å². The van der Waals surface area contributed by atoms with E-state index >= 15 is 0 Å². The molecule has 0 radical (unpaired) electrons. The topological polar surface area (TPSA) is 34.1 Å². The van der Waals surface area contributed by atoms with E-state index in [-0.39, 0.29) is 4.90 Å². The molecule has 2 rings (SSSR count). The summed E-state index contributed by atoms with van der Waals surface area (Å²) >= 11 is 0. The second-order valence-corrected chi connectivity index (χ2v) is 6.12. The first kappa shape index (κ1) is 14.3. The summed E-state index contributed by atoms with van der Waals surface area (Å²) in [5, 5.41) is 1.16. The summed E-state index contributed by atoms with van der Waals surface area (Å²) in [4.78, 5) is 0.288. The molecule has 0 saturated heterocycles. The Kier molecular flexibility index (Phi) is 4.57. The van der Waals surface area contributed by atoms with Crippen LogP contribution < -0.4 is 0 Å². The molecule has 0 spiro atoms. The largest absolute Gasteiger partial charge is 0.218 e. The van der Waals surface area contributed by atoms with Crippen LogP contribution in [0.3, 0.4) is 0 Å². The summed E-state index contributed by atoms with van der Waals surface area (Å²) in [6.07, 6.45) is 0.727. The highest BCUT2D eigenvalue weighted by Crippen LogP contribution is 2.17. The van der Waals surface area contributed by atoms with E-state index in [4.69, 9.17) is 0 Å². The zero-order valence-corrected chi connectivity index (χ0v) is 12.1. The van der Waals surface area contributed by atoms with Crippen LogP contribution in [-0.4, -0.2) is 8.42 Å². The number of sulfone groups is 1. The lowest BCUT2D eigenvalue weighted by atomic mass is 10.1. The van der Waals surface area contributed by atoms with Crippen LogP contribution in [0, 0.1) is 0 Å². The number of hydrogen-bond donors (Lipinski definition) is 0. The van der Waals surface area contributed by atoms with Gasteiger partial charge in [0, 0.05) is 5.57 Å². The van der Waals surface area contributed by atoms with Crippen molar-refractivity contribution in [2.75, 3.05) is 0 Å². The van der Waals surface area contributed by atoms with Crippen LogP contribution in [0.25, 0.3) is 5.57 Å². The van der Waals surface area contributed by atoms with E-state index in [9.17, 15) is 8.42 Å². The highest BCUT2D eigenvalue weighted by molar-refractivity contribution is 7.94. The molecule has 20 heavy (non-hydrogen) atoms. The minimum absolute atomic E-state index is 0.288. The van der Waals surface area contributed by atoms with Gasteiger partial charge in [-0.15, -0.1) is 5.73 Å². The van der Waals surface area contributed by atoms with Gasteiger partial charge in [0.05, 0.1) is 10.3 Å². The first-order valence-corrected chi connectivity index (χ1v) is 7.99. The third kappa shape index (κ3) is 3.47. The van der Waals surface area contributed by atoms with Crippen molar-refractivity contribution in [2.24, 2.45) is 0 Å². The highest BCUT2D eigenvalue weighted by Gasteiger charge is 2.08. The number of hydrogen-bond acceptors (Lipinski definition) is 2. The number of benzene rings is 2. The van der Waals surface area contributed by atoms with Gasteiger partial charge in [-0.1, -0.05) is 55.5 Å². The minimum atomic E-state index is -3.43. The zero-order chi connectivity index (χ0) is 14.4.